The van der Waals surface area contributed by atoms with Gasteiger partial charge in [-0.15, -0.1) is 0 Å². The fourth-order valence-corrected chi connectivity index (χ4v) is 2.40. The highest BCUT2D eigenvalue weighted by atomic mass is 15.0. The third-order valence-corrected chi connectivity index (χ3v) is 2.84. The molecule has 0 saturated carbocycles. The first-order chi connectivity index (χ1) is 5.38. The molecule has 0 aliphatic carbocycles. The molecule has 11 heavy (non-hydrogen) atoms. The maximum atomic E-state index is 3.64. The molecule has 62 valence electrons. The number of hydrogen-bond acceptors (Lipinski definition) is 1. The number of rotatable bonds is 1. The largest absolute Gasteiger partial charge is 0.311 e. The first-order valence-electron chi connectivity index (χ1n) is 4.82. The summed E-state index contributed by atoms with van der Waals surface area (Å²) < 4.78 is 0. The first-order valence-corrected chi connectivity index (χ1v) is 4.82. The van der Waals surface area contributed by atoms with Crippen molar-refractivity contribution in [2.24, 2.45) is 0 Å². The summed E-state index contributed by atoms with van der Waals surface area (Å²) in [4.78, 5) is 0. The van der Waals surface area contributed by atoms with E-state index in [2.05, 4.69) is 18.3 Å². The van der Waals surface area contributed by atoms with E-state index >= 15 is 0 Å². The van der Waals surface area contributed by atoms with Gasteiger partial charge < -0.3 is 5.32 Å². The van der Waals surface area contributed by atoms with Gasteiger partial charge in [-0.25, -0.2) is 0 Å². The van der Waals surface area contributed by atoms with E-state index in [9.17, 15) is 0 Å². The topological polar surface area (TPSA) is 12.0 Å². The van der Waals surface area contributed by atoms with Gasteiger partial charge in [0.1, 0.15) is 0 Å². The van der Waals surface area contributed by atoms with Gasteiger partial charge in [-0.05, 0) is 32.1 Å². The van der Waals surface area contributed by atoms with Crippen LogP contribution in [0, 0.1) is 0 Å². The van der Waals surface area contributed by atoms with E-state index in [1.165, 1.54) is 32.1 Å². The standard InChI is InChI=1S/C10H17N/c1-2-3-8-6-9-4-5-10(7-8)11-9/h3,9-11H,2,4-7H2,1H3. The molecule has 0 amide bonds. The molecule has 2 aliphatic heterocycles. The average molecular weight is 151 g/mol. The Morgan fingerprint density at radius 2 is 2.00 bits per heavy atom. The Kier molecular flexibility index (Phi) is 1.99. The molecule has 1 N–H and O–H groups in total. The predicted octanol–water partition coefficient (Wildman–Crippen LogP) is 2.24. The van der Waals surface area contributed by atoms with E-state index in [1.807, 2.05) is 0 Å². The second-order valence-corrected chi connectivity index (χ2v) is 3.82. The Labute approximate surface area is 68.9 Å². The lowest BCUT2D eigenvalue weighted by molar-refractivity contribution is 0.473. The van der Waals surface area contributed by atoms with Gasteiger partial charge in [0.2, 0.25) is 0 Å². The smallest absolute Gasteiger partial charge is 0.0107 e. The van der Waals surface area contributed by atoms with Gasteiger partial charge in [0.05, 0.1) is 0 Å². The number of hydrogen-bond donors (Lipinski definition) is 1. The lowest BCUT2D eigenvalue weighted by atomic mass is 9.98. The minimum atomic E-state index is 0.826. The zero-order chi connectivity index (χ0) is 7.68. The van der Waals surface area contributed by atoms with Crippen LogP contribution in [-0.2, 0) is 0 Å². The van der Waals surface area contributed by atoms with Crippen molar-refractivity contribution in [1.29, 1.82) is 0 Å². The van der Waals surface area contributed by atoms with Crippen LogP contribution in [0.3, 0.4) is 0 Å². The molecular formula is C10H17N. The van der Waals surface area contributed by atoms with Crippen LogP contribution in [0.1, 0.15) is 39.0 Å². The fraction of sp³-hybridized carbons (Fsp3) is 0.800. The SMILES string of the molecule is CCC=C1CC2CCC(C1)N2. The number of nitrogens with one attached hydrogen (secondary N) is 1. The maximum absolute atomic E-state index is 3.64. The zero-order valence-electron chi connectivity index (χ0n) is 7.27. The number of fused-ring (bicyclic) bond motifs is 2. The Hall–Kier alpha value is -0.300. The summed E-state index contributed by atoms with van der Waals surface area (Å²) in [5, 5.41) is 3.64. The van der Waals surface area contributed by atoms with Gasteiger partial charge >= 0.3 is 0 Å². The molecule has 1 heteroatoms. The van der Waals surface area contributed by atoms with Crippen LogP contribution < -0.4 is 5.32 Å². The molecular weight excluding hydrogens is 134 g/mol. The Bertz CT molecular complexity index is 158. The van der Waals surface area contributed by atoms with E-state index < -0.39 is 0 Å². The molecule has 0 aromatic heterocycles. The van der Waals surface area contributed by atoms with Crippen molar-refractivity contribution in [1.82, 2.24) is 5.32 Å². The summed E-state index contributed by atoms with van der Waals surface area (Å²) in [5.74, 6) is 0. The fourth-order valence-electron chi connectivity index (χ4n) is 2.40. The molecule has 2 aliphatic rings. The minimum absolute atomic E-state index is 0.826. The molecule has 2 bridgehead atoms. The summed E-state index contributed by atoms with van der Waals surface area (Å²) in [6, 6.07) is 1.65. The van der Waals surface area contributed by atoms with Crippen molar-refractivity contribution in [3.63, 3.8) is 0 Å². The Morgan fingerprint density at radius 1 is 1.36 bits per heavy atom. The van der Waals surface area contributed by atoms with Crippen molar-refractivity contribution in [2.45, 2.75) is 51.1 Å². The van der Waals surface area contributed by atoms with Gasteiger partial charge in [0.25, 0.3) is 0 Å². The molecule has 2 saturated heterocycles. The van der Waals surface area contributed by atoms with Gasteiger partial charge in [-0.3, -0.25) is 0 Å². The van der Waals surface area contributed by atoms with Crippen LogP contribution in [-0.4, -0.2) is 12.1 Å². The third kappa shape index (κ3) is 1.48. The molecule has 2 rings (SSSR count). The summed E-state index contributed by atoms with van der Waals surface area (Å²) in [6.45, 7) is 2.23. The second-order valence-electron chi connectivity index (χ2n) is 3.82. The maximum Gasteiger partial charge on any atom is 0.0107 e. The quantitative estimate of drug-likeness (QED) is 0.567. The van der Waals surface area contributed by atoms with E-state index in [0.29, 0.717) is 0 Å². The van der Waals surface area contributed by atoms with Crippen LogP contribution in [0.15, 0.2) is 11.6 Å². The molecule has 2 atom stereocenters. The average Bonchev–Trinajstić information content (AvgIpc) is 2.32. The summed E-state index contributed by atoms with van der Waals surface area (Å²) >= 11 is 0. The Balaban J connectivity index is 2.02. The van der Waals surface area contributed by atoms with E-state index in [0.717, 1.165) is 12.1 Å². The Morgan fingerprint density at radius 3 is 2.55 bits per heavy atom. The highest BCUT2D eigenvalue weighted by Gasteiger charge is 2.29. The summed E-state index contributed by atoms with van der Waals surface area (Å²) in [7, 11) is 0. The van der Waals surface area contributed by atoms with Crippen LogP contribution in [0.5, 0.6) is 0 Å². The molecule has 1 nitrogen and oxygen atoms in total. The first kappa shape index (κ1) is 7.35. The van der Waals surface area contributed by atoms with E-state index in [4.69, 9.17) is 0 Å². The minimum Gasteiger partial charge on any atom is -0.311 e. The molecule has 2 unspecified atom stereocenters. The van der Waals surface area contributed by atoms with Gasteiger partial charge in [-0.1, -0.05) is 18.6 Å². The van der Waals surface area contributed by atoms with E-state index in [1.54, 1.807) is 5.57 Å². The third-order valence-electron chi connectivity index (χ3n) is 2.84. The lowest BCUT2D eigenvalue weighted by Crippen LogP contribution is -2.34. The van der Waals surface area contributed by atoms with Crippen molar-refractivity contribution in [2.75, 3.05) is 0 Å². The predicted molar refractivity (Wildman–Crippen MR) is 47.6 cm³/mol. The molecule has 0 aromatic carbocycles. The van der Waals surface area contributed by atoms with Crippen LogP contribution in [0.4, 0.5) is 0 Å². The van der Waals surface area contributed by atoms with Gasteiger partial charge in [0.15, 0.2) is 0 Å². The second kappa shape index (κ2) is 2.98. The number of piperidine rings is 1. The highest BCUT2D eigenvalue weighted by Crippen LogP contribution is 2.30. The molecule has 2 heterocycles. The van der Waals surface area contributed by atoms with Crippen LogP contribution in [0.2, 0.25) is 0 Å². The van der Waals surface area contributed by atoms with Crippen LogP contribution in [0.25, 0.3) is 0 Å². The van der Waals surface area contributed by atoms with Crippen molar-refractivity contribution in [3.8, 4) is 0 Å². The molecule has 0 spiro atoms. The normalized spacial score (nSPS) is 35.9. The highest BCUT2D eigenvalue weighted by molar-refractivity contribution is 5.13. The molecule has 0 aromatic rings. The van der Waals surface area contributed by atoms with Crippen LogP contribution >= 0.6 is 0 Å². The van der Waals surface area contributed by atoms with Crippen molar-refractivity contribution < 1.29 is 0 Å². The lowest BCUT2D eigenvalue weighted by Gasteiger charge is -2.23. The van der Waals surface area contributed by atoms with Gasteiger partial charge in [-0.2, -0.15) is 0 Å². The summed E-state index contributed by atoms with van der Waals surface area (Å²) in [5.41, 5.74) is 1.71. The monoisotopic (exact) mass is 151 g/mol. The van der Waals surface area contributed by atoms with Crippen molar-refractivity contribution >= 4 is 0 Å². The van der Waals surface area contributed by atoms with Gasteiger partial charge in [0, 0.05) is 12.1 Å². The zero-order valence-corrected chi connectivity index (χ0v) is 7.27. The van der Waals surface area contributed by atoms with E-state index in [-0.39, 0.29) is 0 Å². The van der Waals surface area contributed by atoms with Crippen molar-refractivity contribution in [3.05, 3.63) is 11.6 Å². The molecule has 2 fully saturated rings. The summed E-state index contributed by atoms with van der Waals surface area (Å²) in [6.07, 6.45) is 9.10. The molecule has 0 radical (unpaired) electrons. The number of allylic oxidation sites excluding steroid dienone is 1.